The summed E-state index contributed by atoms with van der Waals surface area (Å²) in [5, 5.41) is 5.45. The molecule has 0 saturated carbocycles. The van der Waals surface area contributed by atoms with Crippen LogP contribution in [-0.4, -0.2) is 21.9 Å². The predicted molar refractivity (Wildman–Crippen MR) is 107 cm³/mol. The smallest absolute Gasteiger partial charge is 0.137 e. The Labute approximate surface area is 168 Å². The molecule has 142 valence electrons. The van der Waals surface area contributed by atoms with Crippen LogP contribution in [0.15, 0.2) is 55.1 Å². The summed E-state index contributed by atoms with van der Waals surface area (Å²) < 4.78 is 13.6. The van der Waals surface area contributed by atoms with E-state index >= 15 is 0 Å². The van der Waals surface area contributed by atoms with Crippen molar-refractivity contribution in [3.63, 3.8) is 0 Å². The Bertz CT molecular complexity index is 869. The normalized spacial score (nSPS) is 13.3. The molecule has 0 aliphatic rings. The average Bonchev–Trinajstić information content (AvgIpc) is 3.16. The maximum Gasteiger partial charge on any atom is 0.137 e. The molecule has 27 heavy (non-hydrogen) atoms. The maximum atomic E-state index is 6.63. The minimum atomic E-state index is -0.599. The largest absolute Gasteiger partial charge is 0.457 e. The summed E-state index contributed by atoms with van der Waals surface area (Å²) in [6.07, 6.45) is 4.91. The Morgan fingerprint density at radius 3 is 2.41 bits per heavy atom. The molecule has 1 aromatic heterocycles. The minimum Gasteiger partial charge on any atom is -0.457 e. The summed E-state index contributed by atoms with van der Waals surface area (Å²) in [6, 6.07) is 12.8. The number of aromatic nitrogens is 3. The van der Waals surface area contributed by atoms with E-state index < -0.39 is 5.60 Å². The van der Waals surface area contributed by atoms with Gasteiger partial charge in [0.25, 0.3) is 0 Å². The molecule has 5 nitrogen and oxygen atoms in total. The van der Waals surface area contributed by atoms with Gasteiger partial charge >= 0.3 is 0 Å². The molecule has 0 saturated heterocycles. The standard InChI is InChI=1S/C20H21Cl2N3O2/c1-3-10-20(26-2,12-25-14-23-13-24-25)18-9-8-17(11-19(18)22)27-16-6-4-15(21)5-7-16/h4-9,11,13-14H,3,10,12H2,1-2H3/t20-/m0/s1. The third kappa shape index (κ3) is 4.61. The van der Waals surface area contributed by atoms with E-state index in [2.05, 4.69) is 17.0 Å². The molecule has 0 bridgehead atoms. The number of halogens is 2. The van der Waals surface area contributed by atoms with Crippen LogP contribution in [0.3, 0.4) is 0 Å². The first-order valence-corrected chi connectivity index (χ1v) is 9.43. The molecule has 0 aliphatic carbocycles. The fraction of sp³-hybridized carbons (Fsp3) is 0.300. The third-order valence-electron chi connectivity index (χ3n) is 4.41. The van der Waals surface area contributed by atoms with Crippen LogP contribution >= 0.6 is 23.2 Å². The van der Waals surface area contributed by atoms with Crippen molar-refractivity contribution in [3.05, 3.63) is 70.7 Å². The van der Waals surface area contributed by atoms with Crippen molar-refractivity contribution in [2.75, 3.05) is 7.11 Å². The summed E-state index contributed by atoms with van der Waals surface area (Å²) in [7, 11) is 1.70. The molecule has 3 aromatic rings. The van der Waals surface area contributed by atoms with Gasteiger partial charge in [-0.05, 0) is 42.8 Å². The van der Waals surface area contributed by atoms with Crippen LogP contribution in [0.4, 0.5) is 0 Å². The van der Waals surface area contributed by atoms with Crippen molar-refractivity contribution < 1.29 is 9.47 Å². The summed E-state index contributed by atoms with van der Waals surface area (Å²) in [5.41, 5.74) is 0.297. The molecule has 0 unspecified atom stereocenters. The second-order valence-electron chi connectivity index (χ2n) is 6.24. The fourth-order valence-electron chi connectivity index (χ4n) is 3.12. The van der Waals surface area contributed by atoms with E-state index in [4.69, 9.17) is 32.7 Å². The number of nitrogens with zero attached hydrogens (tertiary/aromatic N) is 3. The van der Waals surface area contributed by atoms with Crippen LogP contribution in [0.25, 0.3) is 0 Å². The molecule has 1 atom stereocenters. The van der Waals surface area contributed by atoms with E-state index in [-0.39, 0.29) is 0 Å². The lowest BCUT2D eigenvalue weighted by molar-refractivity contribution is -0.0397. The zero-order valence-electron chi connectivity index (χ0n) is 15.2. The van der Waals surface area contributed by atoms with Crippen LogP contribution in [-0.2, 0) is 16.9 Å². The van der Waals surface area contributed by atoms with Crippen LogP contribution < -0.4 is 4.74 Å². The zero-order valence-corrected chi connectivity index (χ0v) is 16.7. The number of hydrogen-bond donors (Lipinski definition) is 0. The second-order valence-corrected chi connectivity index (χ2v) is 7.08. The van der Waals surface area contributed by atoms with Gasteiger partial charge in [0.15, 0.2) is 0 Å². The summed E-state index contributed by atoms with van der Waals surface area (Å²) >= 11 is 12.5. The molecule has 2 aromatic carbocycles. The van der Waals surface area contributed by atoms with E-state index in [1.807, 2.05) is 24.3 Å². The molecule has 0 radical (unpaired) electrons. The van der Waals surface area contributed by atoms with E-state index in [0.717, 1.165) is 18.4 Å². The quantitative estimate of drug-likeness (QED) is 0.480. The van der Waals surface area contributed by atoms with Crippen molar-refractivity contribution in [2.45, 2.75) is 31.9 Å². The summed E-state index contributed by atoms with van der Waals surface area (Å²) in [5.74, 6) is 1.34. The Morgan fingerprint density at radius 2 is 1.81 bits per heavy atom. The van der Waals surface area contributed by atoms with Crippen molar-refractivity contribution >= 4 is 23.2 Å². The van der Waals surface area contributed by atoms with Gasteiger partial charge in [0, 0.05) is 17.7 Å². The Balaban J connectivity index is 1.89. The van der Waals surface area contributed by atoms with Crippen molar-refractivity contribution in [3.8, 4) is 11.5 Å². The number of ether oxygens (including phenoxy) is 2. The SMILES string of the molecule is CCC[C@@](Cn1cncn1)(OC)c1ccc(Oc2ccc(Cl)cc2)cc1Cl. The topological polar surface area (TPSA) is 49.2 Å². The molecular weight excluding hydrogens is 385 g/mol. The maximum absolute atomic E-state index is 6.63. The van der Waals surface area contributed by atoms with Gasteiger partial charge in [-0.15, -0.1) is 0 Å². The lowest BCUT2D eigenvalue weighted by Crippen LogP contribution is -2.34. The number of hydrogen-bond acceptors (Lipinski definition) is 4. The number of rotatable bonds is 8. The first kappa shape index (κ1) is 19.7. The highest BCUT2D eigenvalue weighted by atomic mass is 35.5. The summed E-state index contributed by atoms with van der Waals surface area (Å²) in [6.45, 7) is 2.63. The predicted octanol–water partition coefficient (Wildman–Crippen LogP) is 5.72. The van der Waals surface area contributed by atoms with Gasteiger partial charge < -0.3 is 9.47 Å². The Hall–Kier alpha value is -2.08. The highest BCUT2D eigenvalue weighted by molar-refractivity contribution is 6.31. The molecule has 1 heterocycles. The van der Waals surface area contributed by atoms with Crippen LogP contribution in [0.1, 0.15) is 25.3 Å². The molecule has 3 rings (SSSR count). The number of benzene rings is 2. The molecule has 7 heteroatoms. The van der Waals surface area contributed by atoms with E-state index in [1.165, 1.54) is 6.33 Å². The second kappa shape index (κ2) is 8.74. The molecule has 0 amide bonds. The first-order chi connectivity index (χ1) is 13.1. The van der Waals surface area contributed by atoms with Crippen LogP contribution in [0, 0.1) is 0 Å². The Kier molecular flexibility index (Phi) is 6.37. The number of methoxy groups -OCH3 is 1. The molecular formula is C20H21Cl2N3O2. The first-order valence-electron chi connectivity index (χ1n) is 8.67. The minimum absolute atomic E-state index is 0.522. The van der Waals surface area contributed by atoms with E-state index in [0.29, 0.717) is 28.1 Å². The van der Waals surface area contributed by atoms with Gasteiger partial charge in [0.2, 0.25) is 0 Å². The van der Waals surface area contributed by atoms with Crippen LogP contribution in [0.2, 0.25) is 10.0 Å². The average molecular weight is 406 g/mol. The third-order valence-corrected chi connectivity index (χ3v) is 4.97. The monoisotopic (exact) mass is 405 g/mol. The lowest BCUT2D eigenvalue weighted by Gasteiger charge is -2.33. The van der Waals surface area contributed by atoms with Gasteiger partial charge in [0.05, 0.1) is 11.6 Å². The zero-order chi connectivity index (χ0) is 19.3. The van der Waals surface area contributed by atoms with Crippen LogP contribution in [0.5, 0.6) is 11.5 Å². The molecule has 0 spiro atoms. The van der Waals surface area contributed by atoms with Crippen molar-refractivity contribution in [1.82, 2.24) is 14.8 Å². The van der Waals surface area contributed by atoms with Gasteiger partial charge in [0.1, 0.15) is 29.8 Å². The van der Waals surface area contributed by atoms with Gasteiger partial charge in [-0.25, -0.2) is 9.67 Å². The molecule has 0 aliphatic heterocycles. The van der Waals surface area contributed by atoms with Crippen molar-refractivity contribution in [2.24, 2.45) is 0 Å². The fourth-order valence-corrected chi connectivity index (χ4v) is 3.59. The molecule has 0 N–H and O–H groups in total. The van der Waals surface area contributed by atoms with Gasteiger partial charge in [-0.2, -0.15) is 5.10 Å². The lowest BCUT2D eigenvalue weighted by atomic mass is 9.88. The van der Waals surface area contributed by atoms with Crippen molar-refractivity contribution in [1.29, 1.82) is 0 Å². The van der Waals surface area contributed by atoms with E-state index in [9.17, 15) is 0 Å². The Morgan fingerprint density at radius 1 is 1.07 bits per heavy atom. The molecule has 0 fully saturated rings. The van der Waals surface area contributed by atoms with Gasteiger partial charge in [-0.1, -0.05) is 42.6 Å². The highest BCUT2D eigenvalue weighted by Gasteiger charge is 2.34. The highest BCUT2D eigenvalue weighted by Crippen LogP contribution is 2.39. The van der Waals surface area contributed by atoms with E-state index in [1.54, 1.807) is 36.3 Å². The summed E-state index contributed by atoms with van der Waals surface area (Å²) in [4.78, 5) is 4.02. The van der Waals surface area contributed by atoms with Gasteiger partial charge in [-0.3, -0.25) is 0 Å².